The Labute approximate surface area is 212 Å². The second-order valence-electron chi connectivity index (χ2n) is 7.68. The number of anilines is 2. The van der Waals surface area contributed by atoms with Gasteiger partial charge >= 0.3 is 0 Å². The molecule has 3 aromatic rings. The van der Waals surface area contributed by atoms with Crippen LogP contribution >= 0.6 is 22.6 Å². The molecule has 0 aliphatic carbocycles. The van der Waals surface area contributed by atoms with Crippen molar-refractivity contribution in [3.05, 3.63) is 88.0 Å². The summed E-state index contributed by atoms with van der Waals surface area (Å²) in [6, 6.07) is 22.4. The molecule has 2 unspecified atom stereocenters. The fourth-order valence-corrected chi connectivity index (χ4v) is 3.54. The van der Waals surface area contributed by atoms with Crippen LogP contribution in [-0.4, -0.2) is 36.9 Å². The van der Waals surface area contributed by atoms with Crippen molar-refractivity contribution >= 4 is 51.7 Å². The zero-order valence-corrected chi connectivity index (χ0v) is 21.3. The lowest BCUT2D eigenvalue weighted by Gasteiger charge is -2.23. The van der Waals surface area contributed by atoms with E-state index >= 15 is 0 Å². The highest BCUT2D eigenvalue weighted by molar-refractivity contribution is 14.1. The number of carbonyl (C=O) groups is 3. The van der Waals surface area contributed by atoms with Crippen LogP contribution < -0.4 is 20.3 Å². The highest BCUT2D eigenvalue weighted by atomic mass is 127. The van der Waals surface area contributed by atoms with E-state index in [0.29, 0.717) is 5.69 Å². The number of likely N-dealkylation sites (N-methyl/N-ethyl adjacent to an activating group) is 1. The molecule has 0 heterocycles. The molecule has 0 bridgehead atoms. The Morgan fingerprint density at radius 3 is 2.18 bits per heavy atom. The first-order valence-corrected chi connectivity index (χ1v) is 11.8. The topological polar surface area (TPSA) is 87.7 Å². The molecular weight excluding hydrogens is 545 g/mol. The van der Waals surface area contributed by atoms with E-state index in [1.807, 2.05) is 42.5 Å². The van der Waals surface area contributed by atoms with Gasteiger partial charge in [0.15, 0.2) is 6.10 Å². The first kappa shape index (κ1) is 25.2. The first-order valence-electron chi connectivity index (χ1n) is 10.7. The van der Waals surface area contributed by atoms with Gasteiger partial charge in [-0.1, -0.05) is 30.3 Å². The molecule has 3 amide bonds. The lowest BCUT2D eigenvalue weighted by atomic mass is 10.1. The van der Waals surface area contributed by atoms with E-state index in [1.165, 1.54) is 4.90 Å². The number of hydrogen-bond acceptors (Lipinski definition) is 4. The molecule has 0 aliphatic rings. The number of nitrogens with one attached hydrogen (secondary N) is 2. The van der Waals surface area contributed by atoms with Crippen LogP contribution in [0, 0.1) is 3.57 Å². The van der Waals surface area contributed by atoms with Crippen molar-refractivity contribution in [2.45, 2.75) is 26.0 Å². The summed E-state index contributed by atoms with van der Waals surface area (Å²) in [5.74, 6) is -0.822. The van der Waals surface area contributed by atoms with Crippen molar-refractivity contribution in [1.82, 2.24) is 5.32 Å². The Morgan fingerprint density at radius 2 is 1.50 bits per heavy atom. The molecule has 2 atom stereocenters. The molecule has 7 nitrogen and oxygen atoms in total. The molecule has 8 heteroatoms. The van der Waals surface area contributed by atoms with E-state index < -0.39 is 18.1 Å². The van der Waals surface area contributed by atoms with Gasteiger partial charge in [0, 0.05) is 22.0 Å². The van der Waals surface area contributed by atoms with Crippen LogP contribution in [-0.2, 0) is 9.59 Å². The summed E-state index contributed by atoms with van der Waals surface area (Å²) in [6.07, 6.45) is -0.850. The fourth-order valence-electron chi connectivity index (χ4n) is 3.18. The maximum Gasteiger partial charge on any atom is 0.265 e. The number of ether oxygens (including phenoxy) is 1. The summed E-state index contributed by atoms with van der Waals surface area (Å²) < 4.78 is 6.87. The second kappa shape index (κ2) is 11.6. The van der Waals surface area contributed by atoms with Gasteiger partial charge in [-0.25, -0.2) is 0 Å². The third-order valence-corrected chi connectivity index (χ3v) is 5.83. The zero-order valence-electron chi connectivity index (χ0n) is 19.1. The Hall–Kier alpha value is -3.40. The van der Waals surface area contributed by atoms with Crippen molar-refractivity contribution in [3.8, 4) is 5.75 Å². The van der Waals surface area contributed by atoms with E-state index in [9.17, 15) is 14.4 Å². The van der Waals surface area contributed by atoms with Crippen molar-refractivity contribution in [2.75, 3.05) is 17.3 Å². The van der Waals surface area contributed by atoms with Gasteiger partial charge in [0.25, 0.3) is 11.8 Å². The average Bonchev–Trinajstić information content (AvgIpc) is 2.85. The molecule has 0 saturated carbocycles. The van der Waals surface area contributed by atoms with Crippen molar-refractivity contribution in [3.63, 3.8) is 0 Å². The van der Waals surface area contributed by atoms with E-state index in [4.69, 9.17) is 4.74 Å². The van der Waals surface area contributed by atoms with Crippen molar-refractivity contribution in [1.29, 1.82) is 0 Å². The molecule has 176 valence electrons. The fraction of sp³-hybridized carbons (Fsp3) is 0.192. The summed E-state index contributed by atoms with van der Waals surface area (Å²) in [7, 11) is 1.66. The van der Waals surface area contributed by atoms with Gasteiger partial charge in [0.1, 0.15) is 11.8 Å². The molecule has 34 heavy (non-hydrogen) atoms. The van der Waals surface area contributed by atoms with E-state index in [1.54, 1.807) is 57.3 Å². The zero-order chi connectivity index (χ0) is 24.7. The quantitative estimate of drug-likeness (QED) is 0.391. The number of nitrogens with zero attached hydrogens (tertiary/aromatic N) is 1. The molecule has 3 rings (SSSR count). The number of benzene rings is 3. The van der Waals surface area contributed by atoms with Crippen LogP contribution in [0.2, 0.25) is 0 Å². The summed E-state index contributed by atoms with van der Waals surface area (Å²) in [4.78, 5) is 39.8. The minimum Gasteiger partial charge on any atom is -0.480 e. The number of halogens is 1. The highest BCUT2D eigenvalue weighted by Crippen LogP contribution is 2.21. The van der Waals surface area contributed by atoms with E-state index in [-0.39, 0.29) is 23.1 Å². The molecule has 0 saturated heterocycles. The van der Waals surface area contributed by atoms with Gasteiger partial charge < -0.3 is 20.3 Å². The maximum atomic E-state index is 13.0. The smallest absolute Gasteiger partial charge is 0.265 e. The standard InChI is InChI=1S/C26H26IN3O4/c1-17(26(33)30(3)21-9-5-4-6-10-21)28-25(32)22-11-7-8-12-23(22)34-18(2)24(31)29-20-15-13-19(27)14-16-20/h4-18H,1-3H3,(H,28,32)(H,29,31). The number of rotatable bonds is 8. The third kappa shape index (κ3) is 6.57. The minimum absolute atomic E-state index is 0.235. The van der Waals surface area contributed by atoms with Crippen LogP contribution in [0.1, 0.15) is 24.2 Å². The van der Waals surface area contributed by atoms with Gasteiger partial charge in [0.05, 0.1) is 5.56 Å². The predicted octanol–water partition coefficient (Wildman–Crippen LogP) is 4.48. The van der Waals surface area contributed by atoms with Crippen molar-refractivity contribution in [2.24, 2.45) is 0 Å². The van der Waals surface area contributed by atoms with Crippen LogP contribution in [0.4, 0.5) is 11.4 Å². The number of hydrogen-bond donors (Lipinski definition) is 2. The van der Waals surface area contributed by atoms with Gasteiger partial charge in [0.2, 0.25) is 5.91 Å². The van der Waals surface area contributed by atoms with Gasteiger partial charge in [-0.05, 0) is 85.0 Å². The van der Waals surface area contributed by atoms with Crippen molar-refractivity contribution < 1.29 is 19.1 Å². The van der Waals surface area contributed by atoms with Gasteiger partial charge in [-0.15, -0.1) is 0 Å². The number of carbonyl (C=O) groups excluding carboxylic acids is 3. The van der Waals surface area contributed by atoms with Gasteiger partial charge in [-0.3, -0.25) is 14.4 Å². The molecule has 3 aromatic carbocycles. The highest BCUT2D eigenvalue weighted by Gasteiger charge is 2.24. The molecule has 0 aromatic heterocycles. The molecule has 0 spiro atoms. The van der Waals surface area contributed by atoms with Crippen LogP contribution in [0.3, 0.4) is 0 Å². The largest absolute Gasteiger partial charge is 0.480 e. The van der Waals surface area contributed by atoms with Gasteiger partial charge in [-0.2, -0.15) is 0 Å². The van der Waals surface area contributed by atoms with E-state index in [2.05, 4.69) is 33.2 Å². The number of para-hydroxylation sites is 2. The van der Waals surface area contributed by atoms with Crippen LogP contribution in [0.25, 0.3) is 0 Å². The molecule has 0 radical (unpaired) electrons. The Balaban J connectivity index is 1.65. The Kier molecular flexibility index (Phi) is 8.64. The monoisotopic (exact) mass is 571 g/mol. The third-order valence-electron chi connectivity index (χ3n) is 5.11. The Morgan fingerprint density at radius 1 is 0.882 bits per heavy atom. The SMILES string of the molecule is CC(NC(=O)c1ccccc1OC(C)C(=O)Nc1ccc(I)cc1)C(=O)N(C)c1ccccc1. The lowest BCUT2D eigenvalue weighted by molar-refractivity contribution is -0.122. The summed E-state index contributed by atoms with van der Waals surface area (Å²) in [5, 5.41) is 5.52. The molecule has 0 aliphatic heterocycles. The predicted molar refractivity (Wildman–Crippen MR) is 141 cm³/mol. The summed E-state index contributed by atoms with van der Waals surface area (Å²) in [6.45, 7) is 3.23. The second-order valence-corrected chi connectivity index (χ2v) is 8.93. The number of amides is 3. The molecule has 2 N–H and O–H groups in total. The van der Waals surface area contributed by atoms with Crippen LogP contribution in [0.15, 0.2) is 78.9 Å². The average molecular weight is 571 g/mol. The minimum atomic E-state index is -0.850. The molecular formula is C26H26IN3O4. The summed E-state index contributed by atoms with van der Waals surface area (Å²) in [5.41, 5.74) is 1.62. The molecule has 0 fully saturated rings. The first-order chi connectivity index (χ1) is 16.3. The normalized spacial score (nSPS) is 12.2. The lowest BCUT2D eigenvalue weighted by Crippen LogP contribution is -2.45. The Bertz CT molecular complexity index is 1150. The van der Waals surface area contributed by atoms with E-state index in [0.717, 1.165) is 9.26 Å². The maximum absolute atomic E-state index is 13.0. The van der Waals surface area contributed by atoms with Crippen LogP contribution in [0.5, 0.6) is 5.75 Å². The summed E-state index contributed by atoms with van der Waals surface area (Å²) >= 11 is 2.19.